The molecular formula is C19H20Cl2N2O. The Morgan fingerprint density at radius 3 is 2.46 bits per heavy atom. The van der Waals surface area contributed by atoms with E-state index in [1.807, 2.05) is 36.4 Å². The van der Waals surface area contributed by atoms with Crippen molar-refractivity contribution in [3.8, 4) is 17.0 Å². The van der Waals surface area contributed by atoms with Crippen molar-refractivity contribution in [2.24, 2.45) is 5.73 Å². The largest absolute Gasteiger partial charge is 0.497 e. The molecule has 0 radical (unpaired) electrons. The molecule has 3 rings (SSSR count). The Kier molecular flexibility index (Phi) is 5.34. The standard InChI is InChI=1S/C19H20Cl2N2O/c1-24-13-7-5-12(6-8-13)18-14(4-2-3-11-22)15-9-10-16(20)17(21)19(15)23-18/h5-10,23H,2-4,11,22H2,1H3. The van der Waals surface area contributed by atoms with E-state index in [0.29, 0.717) is 16.6 Å². The molecule has 24 heavy (non-hydrogen) atoms. The molecule has 2 aromatic carbocycles. The van der Waals surface area contributed by atoms with Gasteiger partial charge in [-0.25, -0.2) is 0 Å². The lowest BCUT2D eigenvalue weighted by Crippen LogP contribution is -1.99. The van der Waals surface area contributed by atoms with Crippen LogP contribution in [-0.4, -0.2) is 18.6 Å². The van der Waals surface area contributed by atoms with Gasteiger partial charge in [0, 0.05) is 11.1 Å². The highest BCUT2D eigenvalue weighted by molar-refractivity contribution is 6.45. The van der Waals surface area contributed by atoms with Gasteiger partial charge in [0.15, 0.2) is 0 Å². The second-order valence-corrected chi connectivity index (χ2v) is 6.52. The maximum atomic E-state index is 6.40. The maximum Gasteiger partial charge on any atom is 0.118 e. The Morgan fingerprint density at radius 1 is 1.04 bits per heavy atom. The first kappa shape index (κ1) is 17.2. The van der Waals surface area contributed by atoms with E-state index < -0.39 is 0 Å². The molecule has 0 atom stereocenters. The van der Waals surface area contributed by atoms with Gasteiger partial charge in [-0.1, -0.05) is 29.3 Å². The van der Waals surface area contributed by atoms with Crippen LogP contribution in [0.3, 0.4) is 0 Å². The summed E-state index contributed by atoms with van der Waals surface area (Å²) in [7, 11) is 1.66. The number of ether oxygens (including phenoxy) is 1. The molecule has 1 heterocycles. The van der Waals surface area contributed by atoms with Gasteiger partial charge in [-0.2, -0.15) is 0 Å². The molecule has 3 aromatic rings. The Bertz CT molecular complexity index is 841. The van der Waals surface area contributed by atoms with E-state index in [1.54, 1.807) is 7.11 Å². The number of fused-ring (bicyclic) bond motifs is 1. The number of unbranched alkanes of at least 4 members (excludes halogenated alkanes) is 1. The number of benzene rings is 2. The zero-order valence-corrected chi connectivity index (χ0v) is 15.0. The minimum absolute atomic E-state index is 0.556. The van der Waals surface area contributed by atoms with Gasteiger partial charge >= 0.3 is 0 Å². The summed E-state index contributed by atoms with van der Waals surface area (Å²) in [4.78, 5) is 3.47. The third kappa shape index (κ3) is 3.25. The molecule has 0 spiro atoms. The van der Waals surface area contributed by atoms with Crippen molar-refractivity contribution >= 4 is 34.1 Å². The van der Waals surface area contributed by atoms with E-state index >= 15 is 0 Å². The summed E-state index contributed by atoms with van der Waals surface area (Å²) in [5, 5.41) is 2.24. The molecule has 1 aromatic heterocycles. The van der Waals surface area contributed by atoms with Crippen molar-refractivity contribution in [2.45, 2.75) is 19.3 Å². The first-order chi connectivity index (χ1) is 11.7. The number of nitrogens with two attached hydrogens (primary N) is 1. The predicted molar refractivity (Wildman–Crippen MR) is 102 cm³/mol. The summed E-state index contributed by atoms with van der Waals surface area (Å²) in [5.74, 6) is 0.834. The van der Waals surface area contributed by atoms with Gasteiger partial charge in [0.2, 0.25) is 0 Å². The van der Waals surface area contributed by atoms with Crippen molar-refractivity contribution in [1.82, 2.24) is 4.98 Å². The molecule has 0 fully saturated rings. The van der Waals surface area contributed by atoms with Crippen LogP contribution < -0.4 is 10.5 Å². The van der Waals surface area contributed by atoms with Gasteiger partial charge < -0.3 is 15.5 Å². The lowest BCUT2D eigenvalue weighted by atomic mass is 10.0. The average Bonchev–Trinajstić information content (AvgIpc) is 2.98. The Labute approximate surface area is 151 Å². The number of rotatable bonds is 6. The second-order valence-electron chi connectivity index (χ2n) is 5.74. The van der Waals surface area contributed by atoms with Crippen LogP contribution in [0.5, 0.6) is 5.75 Å². The van der Waals surface area contributed by atoms with E-state index in [1.165, 1.54) is 5.56 Å². The fraction of sp³-hybridized carbons (Fsp3) is 0.263. The molecule has 0 saturated carbocycles. The van der Waals surface area contributed by atoms with Crippen molar-refractivity contribution in [1.29, 1.82) is 0 Å². The van der Waals surface area contributed by atoms with Crippen LogP contribution >= 0.6 is 23.2 Å². The summed E-state index contributed by atoms with van der Waals surface area (Å²) >= 11 is 12.6. The average molecular weight is 363 g/mol. The van der Waals surface area contributed by atoms with Crippen LogP contribution in [-0.2, 0) is 6.42 Å². The first-order valence-electron chi connectivity index (χ1n) is 7.98. The number of hydrogen-bond donors (Lipinski definition) is 2. The van der Waals surface area contributed by atoms with Gasteiger partial charge in [-0.15, -0.1) is 0 Å². The van der Waals surface area contributed by atoms with E-state index in [-0.39, 0.29) is 0 Å². The minimum atomic E-state index is 0.556. The van der Waals surface area contributed by atoms with Crippen LogP contribution in [0.15, 0.2) is 36.4 Å². The van der Waals surface area contributed by atoms with Crippen LogP contribution in [0.25, 0.3) is 22.2 Å². The Morgan fingerprint density at radius 2 is 1.79 bits per heavy atom. The van der Waals surface area contributed by atoms with Crippen LogP contribution in [0, 0.1) is 0 Å². The lowest BCUT2D eigenvalue weighted by Gasteiger charge is -2.06. The molecule has 0 saturated heterocycles. The zero-order valence-electron chi connectivity index (χ0n) is 13.5. The number of hydrogen-bond acceptors (Lipinski definition) is 2. The molecule has 0 aliphatic heterocycles. The number of aryl methyl sites for hydroxylation is 1. The summed E-state index contributed by atoms with van der Waals surface area (Å²) in [6, 6.07) is 11.9. The molecule has 3 nitrogen and oxygen atoms in total. The molecule has 126 valence electrons. The molecule has 0 bridgehead atoms. The molecule has 0 amide bonds. The van der Waals surface area contributed by atoms with Gasteiger partial charge in [-0.05, 0) is 67.3 Å². The van der Waals surface area contributed by atoms with Gasteiger partial charge in [0.25, 0.3) is 0 Å². The Balaban J connectivity index is 2.13. The molecule has 0 aliphatic carbocycles. The van der Waals surface area contributed by atoms with Gasteiger partial charge in [-0.3, -0.25) is 0 Å². The molecule has 0 aliphatic rings. The SMILES string of the molecule is COc1ccc(-c2[nH]c3c(Cl)c(Cl)ccc3c2CCCCN)cc1. The number of aromatic amines is 1. The Hall–Kier alpha value is -1.68. The van der Waals surface area contributed by atoms with Gasteiger partial charge in [0.1, 0.15) is 5.75 Å². The first-order valence-corrected chi connectivity index (χ1v) is 8.74. The summed E-state index contributed by atoms with van der Waals surface area (Å²) < 4.78 is 5.25. The minimum Gasteiger partial charge on any atom is -0.497 e. The van der Waals surface area contributed by atoms with Crippen LogP contribution in [0.4, 0.5) is 0 Å². The molecular weight excluding hydrogens is 343 g/mol. The predicted octanol–water partition coefficient (Wildman–Crippen LogP) is 5.43. The number of aromatic nitrogens is 1. The van der Waals surface area contributed by atoms with Crippen molar-refractivity contribution in [2.75, 3.05) is 13.7 Å². The fourth-order valence-electron chi connectivity index (χ4n) is 2.97. The molecule has 5 heteroatoms. The van der Waals surface area contributed by atoms with Crippen molar-refractivity contribution < 1.29 is 4.74 Å². The normalized spacial score (nSPS) is 11.2. The number of H-pyrrole nitrogens is 1. The molecule has 3 N–H and O–H groups in total. The van der Waals surface area contributed by atoms with E-state index in [4.69, 9.17) is 33.7 Å². The second kappa shape index (κ2) is 7.47. The van der Waals surface area contributed by atoms with Crippen LogP contribution in [0.1, 0.15) is 18.4 Å². The highest BCUT2D eigenvalue weighted by atomic mass is 35.5. The quantitative estimate of drug-likeness (QED) is 0.574. The van der Waals surface area contributed by atoms with Crippen molar-refractivity contribution in [3.05, 3.63) is 52.0 Å². The highest BCUT2D eigenvalue weighted by Gasteiger charge is 2.16. The van der Waals surface area contributed by atoms with Crippen LogP contribution in [0.2, 0.25) is 10.0 Å². The summed E-state index contributed by atoms with van der Waals surface area (Å²) in [6.07, 6.45) is 2.97. The third-order valence-corrected chi connectivity index (χ3v) is 5.04. The monoisotopic (exact) mass is 362 g/mol. The zero-order chi connectivity index (χ0) is 17.1. The van der Waals surface area contributed by atoms with E-state index in [0.717, 1.165) is 47.2 Å². The smallest absolute Gasteiger partial charge is 0.118 e. The topological polar surface area (TPSA) is 51.0 Å². The third-order valence-electron chi connectivity index (χ3n) is 4.23. The highest BCUT2D eigenvalue weighted by Crippen LogP contribution is 2.38. The summed E-state index contributed by atoms with van der Waals surface area (Å²) in [5.41, 5.74) is 9.96. The summed E-state index contributed by atoms with van der Waals surface area (Å²) in [6.45, 7) is 0.701. The lowest BCUT2D eigenvalue weighted by molar-refractivity contribution is 0.415. The fourth-order valence-corrected chi connectivity index (χ4v) is 3.34. The number of methoxy groups -OCH3 is 1. The molecule has 0 unspecified atom stereocenters. The number of nitrogens with one attached hydrogen (secondary N) is 1. The van der Waals surface area contributed by atoms with Gasteiger partial charge in [0.05, 0.1) is 22.7 Å². The maximum absolute atomic E-state index is 6.40. The number of halogens is 2. The van der Waals surface area contributed by atoms with E-state index in [2.05, 4.69) is 4.98 Å². The van der Waals surface area contributed by atoms with E-state index in [9.17, 15) is 0 Å². The van der Waals surface area contributed by atoms with Crippen molar-refractivity contribution in [3.63, 3.8) is 0 Å².